The minimum absolute atomic E-state index is 0.0938. The zero-order chi connectivity index (χ0) is 19.6. The Morgan fingerprint density at radius 1 is 1.15 bits per heavy atom. The molecule has 2 aromatic carbocycles. The molecule has 0 bridgehead atoms. The van der Waals surface area contributed by atoms with Crippen molar-refractivity contribution in [2.45, 2.75) is 20.5 Å². The fourth-order valence-corrected chi connectivity index (χ4v) is 3.85. The number of allylic oxidation sites excluding steroid dienone is 1. The summed E-state index contributed by atoms with van der Waals surface area (Å²) in [6, 6.07) is 14.7. The van der Waals surface area contributed by atoms with Gasteiger partial charge in [0, 0.05) is 5.02 Å². The first-order valence-electron chi connectivity index (χ1n) is 8.49. The minimum Gasteiger partial charge on any atom is -0.461 e. The van der Waals surface area contributed by atoms with E-state index in [1.54, 1.807) is 24.3 Å². The maximum Gasteiger partial charge on any atom is 0.310 e. The van der Waals surface area contributed by atoms with E-state index < -0.39 is 0 Å². The molecule has 27 heavy (non-hydrogen) atoms. The summed E-state index contributed by atoms with van der Waals surface area (Å²) in [5.41, 5.74) is 0.783. The van der Waals surface area contributed by atoms with E-state index in [-0.39, 0.29) is 29.8 Å². The van der Waals surface area contributed by atoms with Crippen LogP contribution >= 0.6 is 43.5 Å². The zero-order valence-electron chi connectivity index (χ0n) is 14.9. The van der Waals surface area contributed by atoms with Gasteiger partial charge in [0.15, 0.2) is 0 Å². The molecule has 6 heteroatoms. The molecule has 0 N–H and O–H groups in total. The number of benzene rings is 2. The van der Waals surface area contributed by atoms with E-state index in [2.05, 4.69) is 45.7 Å². The number of carbonyl (C=O) groups excluding carboxylic acids is 1. The average Bonchev–Trinajstić information content (AvgIpc) is 3.14. The molecule has 1 fully saturated rings. The van der Waals surface area contributed by atoms with Crippen molar-refractivity contribution in [3.8, 4) is 11.5 Å². The Labute approximate surface area is 181 Å². The molecule has 0 saturated heterocycles. The Kier molecular flexibility index (Phi) is 6.34. The monoisotopic (exact) mass is 512 g/mol. The Balaban J connectivity index is 1.59. The summed E-state index contributed by atoms with van der Waals surface area (Å²) in [5.74, 6) is 1.24. The minimum atomic E-state index is -0.175. The molecule has 0 unspecified atom stereocenters. The highest BCUT2D eigenvalue weighted by molar-refractivity contribution is 9.28. The van der Waals surface area contributed by atoms with Gasteiger partial charge in [0.25, 0.3) is 0 Å². The van der Waals surface area contributed by atoms with E-state index >= 15 is 0 Å². The van der Waals surface area contributed by atoms with Gasteiger partial charge in [-0.15, -0.1) is 0 Å². The lowest BCUT2D eigenvalue weighted by Gasteiger charge is -2.09. The van der Waals surface area contributed by atoms with Crippen molar-refractivity contribution in [1.29, 1.82) is 0 Å². The van der Waals surface area contributed by atoms with Gasteiger partial charge in [0.05, 0.1) is 9.31 Å². The molecule has 0 heterocycles. The second-order valence-corrected chi connectivity index (χ2v) is 10.3. The fourth-order valence-electron chi connectivity index (χ4n) is 3.16. The molecule has 2 aromatic rings. The van der Waals surface area contributed by atoms with E-state index in [0.29, 0.717) is 16.5 Å². The van der Waals surface area contributed by atoms with Crippen LogP contribution in [-0.2, 0) is 16.1 Å². The number of hydrogen-bond donors (Lipinski definition) is 0. The van der Waals surface area contributed by atoms with Crippen molar-refractivity contribution in [3.05, 3.63) is 68.6 Å². The zero-order valence-corrected chi connectivity index (χ0v) is 18.8. The summed E-state index contributed by atoms with van der Waals surface area (Å²) in [7, 11) is 0. The van der Waals surface area contributed by atoms with Crippen LogP contribution in [0, 0.1) is 17.3 Å². The molecule has 0 amide bonds. The summed E-state index contributed by atoms with van der Waals surface area (Å²) in [6.45, 7) is 4.36. The molecule has 0 radical (unpaired) electrons. The van der Waals surface area contributed by atoms with E-state index in [4.69, 9.17) is 21.1 Å². The van der Waals surface area contributed by atoms with Gasteiger partial charge in [0.1, 0.15) is 18.1 Å². The van der Waals surface area contributed by atoms with Crippen LogP contribution in [0.15, 0.2) is 58.0 Å². The van der Waals surface area contributed by atoms with Crippen LogP contribution < -0.4 is 4.74 Å². The molecule has 3 nitrogen and oxygen atoms in total. The number of halogens is 3. The lowest BCUT2D eigenvalue weighted by molar-refractivity contribution is -0.147. The van der Waals surface area contributed by atoms with E-state index in [1.165, 1.54) is 0 Å². The van der Waals surface area contributed by atoms with Gasteiger partial charge in [-0.05, 0) is 85.2 Å². The smallest absolute Gasteiger partial charge is 0.310 e. The third kappa shape index (κ3) is 5.15. The molecule has 2 atom stereocenters. The highest BCUT2D eigenvalue weighted by Gasteiger charge is 2.61. The maximum atomic E-state index is 12.5. The third-order valence-corrected chi connectivity index (χ3v) is 5.58. The number of esters is 1. The summed E-state index contributed by atoms with van der Waals surface area (Å²) >= 11 is 12.6. The number of rotatable bonds is 6. The third-order valence-electron chi connectivity index (χ3n) is 4.80. The molecule has 1 aliphatic rings. The van der Waals surface area contributed by atoms with Crippen molar-refractivity contribution in [2.75, 3.05) is 0 Å². The maximum absolute atomic E-state index is 12.5. The van der Waals surface area contributed by atoms with Gasteiger partial charge in [-0.2, -0.15) is 0 Å². The molecular weight excluding hydrogens is 495 g/mol. The lowest BCUT2D eigenvalue weighted by atomic mass is 10.1. The number of carbonyl (C=O) groups is 1. The predicted molar refractivity (Wildman–Crippen MR) is 114 cm³/mol. The van der Waals surface area contributed by atoms with Crippen LogP contribution in [0.3, 0.4) is 0 Å². The standard InChI is InChI=1S/C21H19Br2ClO3/c1-21(2)17(11-18(22)23)19(21)20(25)26-12-13-4-3-5-16(10-13)27-15-8-6-14(24)7-9-15/h3-11,17,19H,12H2,1-2H3/t17-,19-/m0/s1. The Hall–Kier alpha value is -1.30. The number of ether oxygens (including phenoxy) is 2. The predicted octanol–water partition coefficient (Wildman–Crippen LogP) is 7.08. The van der Waals surface area contributed by atoms with Crippen molar-refractivity contribution in [3.63, 3.8) is 0 Å². The Bertz CT molecular complexity index is 858. The quantitative estimate of drug-likeness (QED) is 0.387. The van der Waals surface area contributed by atoms with Gasteiger partial charge >= 0.3 is 5.97 Å². The summed E-state index contributed by atoms with van der Waals surface area (Å²) in [4.78, 5) is 12.5. The van der Waals surface area contributed by atoms with Crippen molar-refractivity contribution in [1.82, 2.24) is 0 Å². The van der Waals surface area contributed by atoms with Crippen molar-refractivity contribution >= 4 is 49.4 Å². The van der Waals surface area contributed by atoms with Gasteiger partial charge < -0.3 is 9.47 Å². The molecule has 1 aliphatic carbocycles. The molecule has 0 spiro atoms. The largest absolute Gasteiger partial charge is 0.461 e. The van der Waals surface area contributed by atoms with Crippen molar-refractivity contribution < 1.29 is 14.3 Å². The fraction of sp³-hybridized carbons (Fsp3) is 0.286. The normalized spacial score (nSPS) is 19.9. The second kappa shape index (κ2) is 8.38. The van der Waals surface area contributed by atoms with Gasteiger partial charge in [-0.3, -0.25) is 4.79 Å². The van der Waals surface area contributed by atoms with E-state index in [1.807, 2.05) is 30.3 Å². The molecule has 3 rings (SSSR count). The Morgan fingerprint density at radius 2 is 1.85 bits per heavy atom. The highest BCUT2D eigenvalue weighted by atomic mass is 79.9. The van der Waals surface area contributed by atoms with Crippen molar-refractivity contribution in [2.24, 2.45) is 17.3 Å². The number of hydrogen-bond acceptors (Lipinski definition) is 3. The molecular formula is C21H19Br2ClO3. The average molecular weight is 515 g/mol. The van der Waals surface area contributed by atoms with Gasteiger partial charge in [0.2, 0.25) is 0 Å². The van der Waals surface area contributed by atoms with Gasteiger partial charge in [-0.25, -0.2) is 0 Å². The van der Waals surface area contributed by atoms with Crippen LogP contribution in [0.2, 0.25) is 5.02 Å². The van der Waals surface area contributed by atoms with Crippen LogP contribution in [0.25, 0.3) is 0 Å². The van der Waals surface area contributed by atoms with Crippen LogP contribution in [0.4, 0.5) is 0 Å². The molecule has 142 valence electrons. The topological polar surface area (TPSA) is 35.5 Å². The summed E-state index contributed by atoms with van der Waals surface area (Å²) < 4.78 is 12.2. The lowest BCUT2D eigenvalue weighted by Crippen LogP contribution is -2.10. The first kappa shape index (κ1) is 20.4. The van der Waals surface area contributed by atoms with Crippen LogP contribution in [0.1, 0.15) is 19.4 Å². The first-order valence-corrected chi connectivity index (χ1v) is 10.5. The molecule has 1 saturated carbocycles. The highest BCUT2D eigenvalue weighted by Crippen LogP contribution is 2.60. The summed E-state index contributed by atoms with van der Waals surface area (Å²) in [5, 5.41) is 0.658. The SMILES string of the molecule is CC1(C)[C@H](C(=O)OCc2cccc(Oc3ccc(Cl)cc3)c2)[C@@H]1C=C(Br)Br. The van der Waals surface area contributed by atoms with Crippen LogP contribution in [0.5, 0.6) is 11.5 Å². The first-order chi connectivity index (χ1) is 12.8. The summed E-state index contributed by atoms with van der Waals surface area (Å²) in [6.07, 6.45) is 2.01. The second-order valence-electron chi connectivity index (χ2n) is 7.09. The van der Waals surface area contributed by atoms with E-state index in [9.17, 15) is 4.79 Å². The molecule has 0 aliphatic heterocycles. The Morgan fingerprint density at radius 3 is 2.52 bits per heavy atom. The van der Waals surface area contributed by atoms with E-state index in [0.717, 1.165) is 8.96 Å². The van der Waals surface area contributed by atoms with Gasteiger partial charge in [-0.1, -0.05) is 43.7 Å². The molecule has 0 aromatic heterocycles. The van der Waals surface area contributed by atoms with Crippen LogP contribution in [-0.4, -0.2) is 5.97 Å².